The van der Waals surface area contributed by atoms with Crippen molar-refractivity contribution in [1.29, 1.82) is 0 Å². The number of aromatic nitrogens is 2. The normalized spacial score (nSPS) is 21.0. The number of hydrogen-bond donors (Lipinski definition) is 3. The Morgan fingerprint density at radius 3 is 2.91 bits per heavy atom. The lowest BCUT2D eigenvalue weighted by molar-refractivity contribution is -0.134. The molecule has 3 N–H and O–H groups in total. The topological polar surface area (TPSA) is 114 Å². The summed E-state index contributed by atoms with van der Waals surface area (Å²) in [6, 6.07) is 0. The van der Waals surface area contributed by atoms with Crippen LogP contribution in [0.3, 0.4) is 0 Å². The summed E-state index contributed by atoms with van der Waals surface area (Å²) in [4.78, 5) is 26.9. The van der Waals surface area contributed by atoms with E-state index in [0.29, 0.717) is 25.5 Å². The molecule has 0 saturated heterocycles. The summed E-state index contributed by atoms with van der Waals surface area (Å²) in [7, 11) is 0. The van der Waals surface area contributed by atoms with Crippen molar-refractivity contribution in [3.8, 4) is 0 Å². The Morgan fingerprint density at radius 1 is 1.41 bits per heavy atom. The SMILES string of the molecule is O=C(O)C1=CSC(c2cn3c(n2)COCC3)C(C(=O)O)=CN1. The lowest BCUT2D eigenvalue weighted by Gasteiger charge is -2.13. The molecular weight excluding hydrogens is 310 g/mol. The summed E-state index contributed by atoms with van der Waals surface area (Å²) >= 11 is 1.10. The maximum absolute atomic E-state index is 11.5. The summed E-state index contributed by atoms with van der Waals surface area (Å²) in [5.74, 6) is -1.52. The molecule has 3 rings (SSSR count). The van der Waals surface area contributed by atoms with Gasteiger partial charge in [-0.3, -0.25) is 0 Å². The first kappa shape index (κ1) is 14.7. The molecule has 1 unspecified atom stereocenters. The van der Waals surface area contributed by atoms with Crippen molar-refractivity contribution in [2.75, 3.05) is 6.61 Å². The molecule has 3 heterocycles. The Morgan fingerprint density at radius 2 is 2.23 bits per heavy atom. The third-order valence-corrected chi connectivity index (χ3v) is 4.46. The highest BCUT2D eigenvalue weighted by atomic mass is 32.2. The predicted molar refractivity (Wildman–Crippen MR) is 76.8 cm³/mol. The molecular formula is C13H13N3O5S. The number of carbonyl (C=O) groups is 2. The van der Waals surface area contributed by atoms with Gasteiger partial charge in [-0.2, -0.15) is 0 Å². The highest BCUT2D eigenvalue weighted by Gasteiger charge is 2.29. The van der Waals surface area contributed by atoms with Crippen molar-refractivity contribution in [3.05, 3.63) is 40.6 Å². The molecule has 2 aliphatic rings. The van der Waals surface area contributed by atoms with Crippen LogP contribution >= 0.6 is 11.8 Å². The fourth-order valence-electron chi connectivity index (χ4n) is 2.23. The number of carboxylic acid groups (broad SMARTS) is 2. The number of rotatable bonds is 3. The summed E-state index contributed by atoms with van der Waals surface area (Å²) in [5, 5.41) is 21.7. The van der Waals surface area contributed by atoms with E-state index in [-0.39, 0.29) is 11.3 Å². The molecule has 0 aliphatic carbocycles. The molecule has 8 nitrogen and oxygen atoms in total. The summed E-state index contributed by atoms with van der Waals surface area (Å²) in [6.07, 6.45) is 3.01. The Balaban J connectivity index is 1.97. The van der Waals surface area contributed by atoms with Crippen molar-refractivity contribution >= 4 is 23.7 Å². The molecule has 22 heavy (non-hydrogen) atoms. The van der Waals surface area contributed by atoms with Gasteiger partial charge < -0.3 is 24.8 Å². The second-order valence-electron chi connectivity index (χ2n) is 4.73. The van der Waals surface area contributed by atoms with Crippen LogP contribution in [-0.2, 0) is 27.5 Å². The summed E-state index contributed by atoms with van der Waals surface area (Å²) < 4.78 is 7.25. The second-order valence-corrected chi connectivity index (χ2v) is 5.71. The molecule has 1 aromatic heterocycles. The Bertz CT molecular complexity index is 670. The van der Waals surface area contributed by atoms with Gasteiger partial charge >= 0.3 is 11.9 Å². The zero-order valence-corrected chi connectivity index (χ0v) is 12.2. The zero-order chi connectivity index (χ0) is 15.7. The van der Waals surface area contributed by atoms with Crippen molar-refractivity contribution in [1.82, 2.24) is 14.9 Å². The Kier molecular flexibility index (Phi) is 3.90. The second kappa shape index (κ2) is 5.85. The fraction of sp³-hybridized carbons (Fsp3) is 0.308. The van der Waals surface area contributed by atoms with Gasteiger partial charge in [0.2, 0.25) is 0 Å². The first-order valence-electron chi connectivity index (χ1n) is 6.49. The third kappa shape index (κ3) is 2.72. The fourth-order valence-corrected chi connectivity index (χ4v) is 3.24. The van der Waals surface area contributed by atoms with Gasteiger partial charge in [-0.25, -0.2) is 14.6 Å². The molecule has 1 atom stereocenters. The van der Waals surface area contributed by atoms with E-state index < -0.39 is 17.2 Å². The van der Waals surface area contributed by atoms with Crippen LogP contribution in [0.4, 0.5) is 0 Å². The number of imidazole rings is 1. The summed E-state index contributed by atoms with van der Waals surface area (Å²) in [6.45, 7) is 1.64. The van der Waals surface area contributed by atoms with Gasteiger partial charge in [0.1, 0.15) is 18.1 Å². The minimum absolute atomic E-state index is 0.0499. The first-order valence-corrected chi connectivity index (χ1v) is 7.43. The molecule has 0 amide bonds. The van der Waals surface area contributed by atoms with E-state index in [1.807, 2.05) is 4.57 Å². The number of fused-ring (bicyclic) bond motifs is 1. The zero-order valence-electron chi connectivity index (χ0n) is 11.4. The number of carboxylic acids is 2. The average molecular weight is 323 g/mol. The van der Waals surface area contributed by atoms with E-state index in [1.54, 1.807) is 6.20 Å². The van der Waals surface area contributed by atoms with Crippen LogP contribution < -0.4 is 5.32 Å². The van der Waals surface area contributed by atoms with E-state index in [4.69, 9.17) is 9.84 Å². The van der Waals surface area contributed by atoms with Gasteiger partial charge in [-0.1, -0.05) is 0 Å². The van der Waals surface area contributed by atoms with Crippen LogP contribution in [0.5, 0.6) is 0 Å². The minimum atomic E-state index is -1.15. The van der Waals surface area contributed by atoms with Crippen LogP contribution in [0.1, 0.15) is 16.8 Å². The third-order valence-electron chi connectivity index (χ3n) is 3.32. The smallest absolute Gasteiger partial charge is 0.352 e. The number of ether oxygens (including phenoxy) is 1. The lowest BCUT2D eigenvalue weighted by Crippen LogP contribution is -2.16. The van der Waals surface area contributed by atoms with Crippen LogP contribution in [0.2, 0.25) is 0 Å². The monoisotopic (exact) mass is 323 g/mol. The summed E-state index contributed by atoms with van der Waals surface area (Å²) in [5.41, 5.74) is 0.552. The van der Waals surface area contributed by atoms with E-state index in [2.05, 4.69) is 10.3 Å². The molecule has 1 aromatic rings. The van der Waals surface area contributed by atoms with Crippen molar-refractivity contribution in [2.24, 2.45) is 0 Å². The van der Waals surface area contributed by atoms with Crippen molar-refractivity contribution in [2.45, 2.75) is 18.4 Å². The maximum Gasteiger partial charge on any atom is 0.352 e. The highest BCUT2D eigenvalue weighted by molar-refractivity contribution is 8.02. The highest BCUT2D eigenvalue weighted by Crippen LogP contribution is 2.38. The molecule has 0 spiro atoms. The number of nitrogens with one attached hydrogen (secondary N) is 1. The molecule has 0 saturated carbocycles. The molecule has 116 valence electrons. The molecule has 0 bridgehead atoms. The molecule has 2 aliphatic heterocycles. The molecule has 9 heteroatoms. The standard InChI is InChI=1S/C13H13N3O5S/c17-12(18)7-3-14-9(13(19)20)6-22-11(7)8-4-16-1-2-21-5-10(16)15-8/h3-4,6,11,14H,1-2,5H2,(H,17,18)(H,19,20). The van der Waals surface area contributed by atoms with E-state index in [9.17, 15) is 14.7 Å². The number of hydrogen-bond acceptors (Lipinski definition) is 6. The van der Waals surface area contributed by atoms with E-state index >= 15 is 0 Å². The lowest BCUT2D eigenvalue weighted by atomic mass is 10.1. The van der Waals surface area contributed by atoms with Crippen LogP contribution in [0, 0.1) is 0 Å². The van der Waals surface area contributed by atoms with Crippen LogP contribution in [0.15, 0.2) is 29.1 Å². The average Bonchev–Trinajstić information content (AvgIpc) is 2.77. The largest absolute Gasteiger partial charge is 0.478 e. The Labute approximate surface area is 129 Å². The van der Waals surface area contributed by atoms with Gasteiger partial charge in [0.25, 0.3) is 0 Å². The number of nitrogens with zero attached hydrogens (tertiary/aromatic N) is 2. The molecule has 0 aromatic carbocycles. The van der Waals surface area contributed by atoms with Gasteiger partial charge in [0.15, 0.2) is 0 Å². The number of thioether (sulfide) groups is 1. The number of aliphatic carboxylic acids is 2. The maximum atomic E-state index is 11.5. The van der Waals surface area contributed by atoms with Gasteiger partial charge in [0.05, 0.1) is 23.1 Å². The first-order chi connectivity index (χ1) is 10.6. The molecule has 0 fully saturated rings. The van der Waals surface area contributed by atoms with Gasteiger partial charge in [-0.05, 0) is 0 Å². The Hall–Kier alpha value is -2.26. The quantitative estimate of drug-likeness (QED) is 0.744. The predicted octanol–water partition coefficient (Wildman–Crippen LogP) is 0.685. The van der Waals surface area contributed by atoms with Crippen molar-refractivity contribution in [3.63, 3.8) is 0 Å². The van der Waals surface area contributed by atoms with Crippen LogP contribution in [-0.4, -0.2) is 38.3 Å². The van der Waals surface area contributed by atoms with Gasteiger partial charge in [-0.15, -0.1) is 11.8 Å². The van der Waals surface area contributed by atoms with Crippen LogP contribution in [0.25, 0.3) is 0 Å². The van der Waals surface area contributed by atoms with E-state index in [0.717, 1.165) is 17.6 Å². The van der Waals surface area contributed by atoms with Gasteiger partial charge in [0, 0.05) is 24.3 Å². The van der Waals surface area contributed by atoms with E-state index in [1.165, 1.54) is 11.6 Å². The molecule has 0 radical (unpaired) electrons. The van der Waals surface area contributed by atoms with Crippen molar-refractivity contribution < 1.29 is 24.5 Å². The minimum Gasteiger partial charge on any atom is -0.478 e.